The fraction of sp³-hybridized carbons (Fsp3) is 1.00. The van der Waals surface area contributed by atoms with Crippen molar-refractivity contribution in [2.45, 2.75) is 15.3 Å². The van der Waals surface area contributed by atoms with Gasteiger partial charge in [0.15, 0.2) is 6.71 Å². The molecular formula is C4H3Br6Cl2N. The summed E-state index contributed by atoms with van der Waals surface area (Å²) >= 11 is 31.4. The number of halogens is 8. The van der Waals surface area contributed by atoms with Crippen LogP contribution in [0.4, 0.5) is 0 Å². The van der Waals surface area contributed by atoms with Crippen molar-refractivity contribution in [3.8, 4) is 0 Å². The van der Waals surface area contributed by atoms with Gasteiger partial charge in [-0.2, -0.15) is 0 Å². The number of hydrogen-bond donors (Lipinski definition) is 1. The molecule has 0 saturated heterocycles. The highest BCUT2D eigenvalue weighted by Crippen LogP contribution is 2.43. The standard InChI is InChI=1S/C4H3Br6Cl2N/c5-1(11)3(7,8)13-4(9,10)2(6)12/h1-2,13H. The first-order valence-electron chi connectivity index (χ1n) is 2.71. The number of hydrogen-bond acceptors (Lipinski definition) is 1. The number of rotatable bonds is 4. The van der Waals surface area contributed by atoms with Crippen LogP contribution in [0.5, 0.6) is 0 Å². The van der Waals surface area contributed by atoms with E-state index in [1.807, 2.05) is 0 Å². The Morgan fingerprint density at radius 1 is 0.846 bits per heavy atom. The average Bonchev–Trinajstić information content (AvgIpc) is 1.83. The van der Waals surface area contributed by atoms with Gasteiger partial charge in [-0.25, -0.2) is 0 Å². The summed E-state index contributed by atoms with van der Waals surface area (Å²) in [6.07, 6.45) is 0. The fourth-order valence-electron chi connectivity index (χ4n) is 0.331. The van der Waals surface area contributed by atoms with E-state index in [1.54, 1.807) is 0 Å². The molecule has 2 unspecified atom stereocenters. The molecule has 0 radical (unpaired) electrons. The third-order valence-corrected chi connectivity index (χ3v) is 9.05. The largest absolute Gasteiger partial charge is 0.265 e. The van der Waals surface area contributed by atoms with Crippen LogP contribution in [-0.2, 0) is 0 Å². The second kappa shape index (κ2) is 6.38. The van der Waals surface area contributed by atoms with Gasteiger partial charge in [-0.3, -0.25) is 5.32 Å². The maximum Gasteiger partial charge on any atom is 0.158 e. The van der Waals surface area contributed by atoms with E-state index in [9.17, 15) is 0 Å². The molecule has 0 aliphatic heterocycles. The van der Waals surface area contributed by atoms with Crippen LogP contribution >= 0.6 is 119 Å². The Morgan fingerprint density at radius 3 is 1.23 bits per heavy atom. The van der Waals surface area contributed by atoms with Crippen molar-refractivity contribution in [1.82, 2.24) is 5.32 Å². The fourth-order valence-corrected chi connectivity index (χ4v) is 2.98. The maximum atomic E-state index is 5.84. The minimum absolute atomic E-state index is 0.364. The highest BCUT2D eigenvalue weighted by molar-refractivity contribution is 9.27. The second-order valence-electron chi connectivity index (χ2n) is 1.97. The number of alkyl halides is 8. The SMILES string of the molecule is ClC(Br)C(Br)(Br)NC(Br)(Br)C(Cl)Br. The average molecular weight is 615 g/mol. The Balaban J connectivity index is 4.42. The highest BCUT2D eigenvalue weighted by Gasteiger charge is 2.41. The molecule has 0 aromatic rings. The molecule has 9 heteroatoms. The lowest BCUT2D eigenvalue weighted by Gasteiger charge is -2.33. The summed E-state index contributed by atoms with van der Waals surface area (Å²) in [5, 5.41) is 3.04. The van der Waals surface area contributed by atoms with Crippen LogP contribution in [0.15, 0.2) is 0 Å². The number of nitrogens with one attached hydrogen (secondary N) is 1. The lowest BCUT2D eigenvalue weighted by Crippen LogP contribution is -2.51. The molecule has 0 aliphatic rings. The maximum absolute atomic E-state index is 5.84. The van der Waals surface area contributed by atoms with Crippen LogP contribution in [-0.4, -0.2) is 15.3 Å². The van der Waals surface area contributed by atoms with E-state index in [-0.39, 0.29) is 8.57 Å². The highest BCUT2D eigenvalue weighted by atomic mass is 79.9. The van der Waals surface area contributed by atoms with Crippen molar-refractivity contribution < 1.29 is 0 Å². The summed E-state index contributed by atoms with van der Waals surface area (Å²) in [6.45, 7) is 0. The molecule has 0 bridgehead atoms. The van der Waals surface area contributed by atoms with Crippen molar-refractivity contribution >= 4 is 119 Å². The van der Waals surface area contributed by atoms with Gasteiger partial charge in [0.25, 0.3) is 0 Å². The van der Waals surface area contributed by atoms with Crippen LogP contribution in [0.3, 0.4) is 0 Å². The van der Waals surface area contributed by atoms with Gasteiger partial charge in [-0.05, 0) is 0 Å². The molecule has 0 aromatic heterocycles. The zero-order chi connectivity index (χ0) is 10.9. The van der Waals surface area contributed by atoms with Crippen LogP contribution in [0.2, 0.25) is 0 Å². The Bertz CT molecular complexity index is 154. The van der Waals surface area contributed by atoms with Crippen LogP contribution in [0, 0.1) is 0 Å². The predicted molar refractivity (Wildman–Crippen MR) is 81.4 cm³/mol. The summed E-state index contributed by atoms with van der Waals surface area (Å²) in [7, 11) is 0. The van der Waals surface area contributed by atoms with Crippen molar-refractivity contribution in [1.29, 1.82) is 0 Å². The smallest absolute Gasteiger partial charge is 0.158 e. The quantitative estimate of drug-likeness (QED) is 0.331. The minimum atomic E-state index is -0.685. The van der Waals surface area contributed by atoms with E-state index in [4.69, 9.17) is 23.2 Å². The van der Waals surface area contributed by atoms with Gasteiger partial charge in [-0.15, -0.1) is 23.2 Å². The normalized spacial score (nSPS) is 18.5. The van der Waals surface area contributed by atoms with Crippen LogP contribution < -0.4 is 5.32 Å². The molecule has 80 valence electrons. The van der Waals surface area contributed by atoms with E-state index in [1.165, 1.54) is 0 Å². The molecule has 13 heavy (non-hydrogen) atoms. The Kier molecular flexibility index (Phi) is 8.06. The van der Waals surface area contributed by atoms with Gasteiger partial charge in [0, 0.05) is 0 Å². The van der Waals surface area contributed by atoms with Crippen molar-refractivity contribution in [3.05, 3.63) is 0 Å². The minimum Gasteiger partial charge on any atom is -0.265 e. The molecule has 0 saturated carbocycles. The Labute approximate surface area is 137 Å². The Hall–Kier alpha value is 3.42. The van der Waals surface area contributed by atoms with Gasteiger partial charge < -0.3 is 0 Å². The van der Waals surface area contributed by atoms with E-state index >= 15 is 0 Å². The van der Waals surface area contributed by atoms with E-state index in [2.05, 4.69) is 101 Å². The van der Waals surface area contributed by atoms with Crippen molar-refractivity contribution in [2.24, 2.45) is 0 Å². The van der Waals surface area contributed by atoms with E-state index < -0.39 is 6.71 Å². The molecule has 0 fully saturated rings. The molecule has 1 nitrogen and oxygen atoms in total. The zero-order valence-corrected chi connectivity index (χ0v) is 16.7. The molecule has 0 amide bonds. The summed E-state index contributed by atoms with van der Waals surface area (Å²) in [5.74, 6) is 0. The van der Waals surface area contributed by atoms with Gasteiger partial charge in [0.2, 0.25) is 0 Å². The monoisotopic (exact) mass is 608 g/mol. The summed E-state index contributed by atoms with van der Waals surface area (Å²) in [4.78, 5) is 0. The van der Waals surface area contributed by atoms with Crippen molar-refractivity contribution in [2.75, 3.05) is 0 Å². The third-order valence-electron chi connectivity index (χ3n) is 0.881. The summed E-state index contributed by atoms with van der Waals surface area (Å²) < 4.78 is -2.10. The molecule has 2 atom stereocenters. The molecule has 0 aliphatic carbocycles. The molecule has 0 heterocycles. The topological polar surface area (TPSA) is 12.0 Å². The van der Waals surface area contributed by atoms with Gasteiger partial charge in [0.1, 0.15) is 8.57 Å². The molecule has 0 spiro atoms. The molecular weight excluding hydrogens is 612 g/mol. The first kappa shape index (κ1) is 16.4. The first-order chi connectivity index (χ1) is 5.59. The van der Waals surface area contributed by atoms with Gasteiger partial charge >= 0.3 is 0 Å². The molecule has 0 rings (SSSR count). The van der Waals surface area contributed by atoms with Gasteiger partial charge in [-0.1, -0.05) is 95.6 Å². The lowest BCUT2D eigenvalue weighted by atomic mass is 10.6. The van der Waals surface area contributed by atoms with Gasteiger partial charge in [0.05, 0.1) is 0 Å². The second-order valence-corrected chi connectivity index (χ2v) is 12.9. The molecule has 1 N–H and O–H groups in total. The molecule has 0 aromatic carbocycles. The Morgan fingerprint density at radius 2 is 1.08 bits per heavy atom. The lowest BCUT2D eigenvalue weighted by molar-refractivity contribution is 0.633. The third kappa shape index (κ3) is 6.05. The summed E-state index contributed by atoms with van der Waals surface area (Å²) in [5.41, 5.74) is 0. The van der Waals surface area contributed by atoms with Crippen LogP contribution in [0.25, 0.3) is 0 Å². The van der Waals surface area contributed by atoms with E-state index in [0.29, 0.717) is 0 Å². The van der Waals surface area contributed by atoms with Crippen LogP contribution in [0.1, 0.15) is 0 Å². The van der Waals surface area contributed by atoms with Crippen molar-refractivity contribution in [3.63, 3.8) is 0 Å². The zero-order valence-electron chi connectivity index (χ0n) is 5.68. The predicted octanol–water partition coefficient (Wildman–Crippen LogP) is 5.38. The summed E-state index contributed by atoms with van der Waals surface area (Å²) in [6, 6.07) is 0. The first-order valence-corrected chi connectivity index (χ1v) is 8.58. The van der Waals surface area contributed by atoms with E-state index in [0.717, 1.165) is 0 Å².